The Bertz CT molecular complexity index is 1380. The van der Waals surface area contributed by atoms with Crippen molar-refractivity contribution in [1.29, 1.82) is 0 Å². The largest absolute Gasteiger partial charge is 0.416 e. The fourth-order valence-corrected chi connectivity index (χ4v) is 5.15. The highest BCUT2D eigenvalue weighted by Gasteiger charge is 2.36. The third-order valence-electron chi connectivity index (χ3n) is 5.80. The summed E-state index contributed by atoms with van der Waals surface area (Å²) in [6.07, 6.45) is -3.09. The zero-order valence-electron chi connectivity index (χ0n) is 17.9. The number of hydrogen-bond donors (Lipinski definition) is 2. The van der Waals surface area contributed by atoms with Gasteiger partial charge in [-0.25, -0.2) is 0 Å². The van der Waals surface area contributed by atoms with Gasteiger partial charge in [-0.2, -0.15) is 23.3 Å². The minimum absolute atomic E-state index is 0.00707. The summed E-state index contributed by atoms with van der Waals surface area (Å²) >= 11 is 6.93. The Morgan fingerprint density at radius 1 is 1.14 bits per heavy atom. The normalized spacial score (nSPS) is 22.0. The zero-order chi connectivity index (χ0) is 24.9. The minimum atomic E-state index is -4.54. The highest BCUT2D eigenvalue weighted by molar-refractivity contribution is 8.18. The SMILES string of the molecule is O=C1N=C(N2C[C@@H](O)[C@H](O)C2)S/C1=C\c1ccc2c(cnn2Cc2ccc(Cl)cc2C(F)(F)F)c1. The molecule has 1 saturated heterocycles. The molecule has 3 aromatic rings. The van der Waals surface area contributed by atoms with Gasteiger partial charge in [-0.3, -0.25) is 9.48 Å². The molecule has 7 nitrogen and oxygen atoms in total. The number of aliphatic hydroxyl groups is 2. The smallest absolute Gasteiger partial charge is 0.389 e. The number of hydrogen-bond acceptors (Lipinski definition) is 6. The molecular weight excluding hydrogens is 505 g/mol. The van der Waals surface area contributed by atoms with E-state index < -0.39 is 29.9 Å². The lowest BCUT2D eigenvalue weighted by molar-refractivity contribution is -0.138. The fourth-order valence-electron chi connectivity index (χ4n) is 4.04. The number of amides is 1. The molecule has 35 heavy (non-hydrogen) atoms. The average Bonchev–Trinajstić information content (AvgIpc) is 3.46. The molecule has 0 unspecified atom stereocenters. The number of alkyl halides is 3. The molecule has 2 aromatic carbocycles. The van der Waals surface area contributed by atoms with Crippen molar-refractivity contribution in [2.24, 2.45) is 4.99 Å². The summed E-state index contributed by atoms with van der Waals surface area (Å²) < 4.78 is 41.8. The van der Waals surface area contributed by atoms with Crippen LogP contribution in [0, 0.1) is 0 Å². The van der Waals surface area contributed by atoms with Crippen LogP contribution in [0.1, 0.15) is 16.7 Å². The lowest BCUT2D eigenvalue weighted by atomic mass is 10.1. The van der Waals surface area contributed by atoms with Gasteiger partial charge in [0.2, 0.25) is 0 Å². The van der Waals surface area contributed by atoms with Crippen molar-refractivity contribution >= 4 is 51.4 Å². The molecular formula is C23H18ClF3N4O3S. The summed E-state index contributed by atoms with van der Waals surface area (Å²) in [5.41, 5.74) is 0.583. The van der Waals surface area contributed by atoms with Crippen LogP contribution in [0.5, 0.6) is 0 Å². The Hall–Kier alpha value is -2.86. The van der Waals surface area contributed by atoms with E-state index in [9.17, 15) is 28.2 Å². The lowest BCUT2D eigenvalue weighted by Gasteiger charge is -2.15. The quantitative estimate of drug-likeness (QED) is 0.509. The second-order valence-electron chi connectivity index (χ2n) is 8.27. The van der Waals surface area contributed by atoms with Gasteiger partial charge in [0, 0.05) is 23.5 Å². The van der Waals surface area contributed by atoms with Crippen molar-refractivity contribution in [3.05, 3.63) is 69.2 Å². The van der Waals surface area contributed by atoms with E-state index >= 15 is 0 Å². The Morgan fingerprint density at radius 3 is 2.60 bits per heavy atom. The van der Waals surface area contributed by atoms with E-state index in [4.69, 9.17) is 11.6 Å². The van der Waals surface area contributed by atoms with Gasteiger partial charge in [0.25, 0.3) is 5.91 Å². The Kier molecular flexibility index (Phi) is 6.12. The maximum absolute atomic E-state index is 13.5. The molecule has 0 spiro atoms. The molecule has 1 fully saturated rings. The summed E-state index contributed by atoms with van der Waals surface area (Å²) in [4.78, 5) is 18.4. The average molecular weight is 523 g/mol. The van der Waals surface area contributed by atoms with Crippen LogP contribution in [0.15, 0.2) is 52.5 Å². The third-order valence-corrected chi connectivity index (χ3v) is 7.08. The zero-order valence-corrected chi connectivity index (χ0v) is 19.5. The van der Waals surface area contributed by atoms with Crippen LogP contribution in [0.2, 0.25) is 5.02 Å². The first-order valence-corrected chi connectivity index (χ1v) is 11.7. The van der Waals surface area contributed by atoms with Gasteiger partial charge >= 0.3 is 6.18 Å². The molecule has 2 atom stereocenters. The van der Waals surface area contributed by atoms with E-state index in [0.29, 0.717) is 26.5 Å². The van der Waals surface area contributed by atoms with E-state index in [2.05, 4.69) is 10.1 Å². The number of rotatable bonds is 3. The summed E-state index contributed by atoms with van der Waals surface area (Å²) in [6, 6.07) is 8.93. The number of fused-ring (bicyclic) bond motifs is 1. The van der Waals surface area contributed by atoms with Gasteiger partial charge in [-0.1, -0.05) is 23.7 Å². The van der Waals surface area contributed by atoms with Crippen molar-refractivity contribution in [2.45, 2.75) is 24.9 Å². The van der Waals surface area contributed by atoms with Gasteiger partial charge in [0.05, 0.1) is 40.9 Å². The predicted octanol–water partition coefficient (Wildman–Crippen LogP) is 3.76. The van der Waals surface area contributed by atoms with Crippen LogP contribution in [-0.2, 0) is 17.5 Å². The summed E-state index contributed by atoms with van der Waals surface area (Å²) in [5.74, 6) is -0.418. The van der Waals surface area contributed by atoms with E-state index in [-0.39, 0.29) is 30.2 Å². The highest BCUT2D eigenvalue weighted by atomic mass is 35.5. The van der Waals surface area contributed by atoms with Gasteiger partial charge in [-0.15, -0.1) is 0 Å². The van der Waals surface area contributed by atoms with Crippen LogP contribution >= 0.6 is 23.4 Å². The molecule has 5 rings (SSSR count). The molecule has 182 valence electrons. The number of β-amino-alcohol motifs (C(OH)–C–C–N with tert-alkyl or cyclic N) is 2. The number of halogens is 4. The first kappa shape index (κ1) is 23.9. The Balaban J connectivity index is 1.37. The molecule has 0 saturated carbocycles. The first-order valence-electron chi connectivity index (χ1n) is 10.5. The van der Waals surface area contributed by atoms with Crippen molar-refractivity contribution in [2.75, 3.05) is 13.1 Å². The van der Waals surface area contributed by atoms with Gasteiger partial charge in [0.1, 0.15) is 0 Å². The summed E-state index contributed by atoms with van der Waals surface area (Å²) in [6.45, 7) is 0.305. The first-order chi connectivity index (χ1) is 16.6. The van der Waals surface area contributed by atoms with Crippen molar-refractivity contribution in [3.8, 4) is 0 Å². The monoisotopic (exact) mass is 522 g/mol. The predicted molar refractivity (Wildman–Crippen MR) is 127 cm³/mol. The third kappa shape index (κ3) is 4.81. The number of carbonyl (C=O) groups excluding carboxylic acids is 1. The minimum Gasteiger partial charge on any atom is -0.389 e. The molecule has 1 aromatic heterocycles. The molecule has 0 radical (unpaired) electrons. The van der Waals surface area contributed by atoms with E-state index in [1.807, 2.05) is 0 Å². The molecule has 3 heterocycles. The second kappa shape index (κ2) is 8.98. The number of nitrogens with zero attached hydrogens (tertiary/aromatic N) is 4. The maximum Gasteiger partial charge on any atom is 0.416 e. The molecule has 2 N–H and O–H groups in total. The number of carbonyl (C=O) groups is 1. The topological polar surface area (TPSA) is 91.0 Å². The standard InChI is InChI=1S/C23H18ClF3N4O3S/c24-15-3-2-13(16(7-15)23(25,26)27)9-31-17-4-1-12(5-14(17)8-28-31)6-20-21(34)29-22(35-20)30-10-18(32)19(33)11-30/h1-8,18-19,32-33H,9-11H2/b20-6-/t18-,19-/m1/s1. The molecule has 2 aliphatic rings. The molecule has 0 bridgehead atoms. The molecule has 2 aliphatic heterocycles. The van der Waals surface area contributed by atoms with Crippen molar-refractivity contribution in [1.82, 2.24) is 14.7 Å². The van der Waals surface area contributed by atoms with Crippen molar-refractivity contribution in [3.63, 3.8) is 0 Å². The number of benzene rings is 2. The Labute approximate surface area is 206 Å². The molecule has 12 heteroatoms. The van der Waals surface area contributed by atoms with E-state index in [1.165, 1.54) is 16.8 Å². The van der Waals surface area contributed by atoms with Crippen LogP contribution < -0.4 is 0 Å². The van der Waals surface area contributed by atoms with Crippen LogP contribution in [0.4, 0.5) is 13.2 Å². The lowest BCUT2D eigenvalue weighted by Crippen LogP contribution is -2.26. The van der Waals surface area contributed by atoms with Crippen LogP contribution in [0.3, 0.4) is 0 Å². The highest BCUT2D eigenvalue weighted by Crippen LogP contribution is 2.35. The number of thioether (sulfide) groups is 1. The van der Waals surface area contributed by atoms with Crippen LogP contribution in [-0.4, -0.2) is 61.3 Å². The second-order valence-corrected chi connectivity index (χ2v) is 9.72. The van der Waals surface area contributed by atoms with E-state index in [0.717, 1.165) is 17.8 Å². The maximum atomic E-state index is 13.5. The number of aromatic nitrogens is 2. The number of amidine groups is 1. The molecule has 0 aliphatic carbocycles. The van der Waals surface area contributed by atoms with E-state index in [1.54, 1.807) is 35.4 Å². The number of likely N-dealkylation sites (tertiary alicyclic amines) is 1. The summed E-state index contributed by atoms with van der Waals surface area (Å²) in [7, 11) is 0. The van der Waals surface area contributed by atoms with Gasteiger partial charge in [-0.05, 0) is 53.2 Å². The fraction of sp³-hybridized carbons (Fsp3) is 0.261. The molecule has 1 amide bonds. The number of aliphatic imine (C=N–C) groups is 1. The number of aliphatic hydroxyl groups excluding tert-OH is 2. The van der Waals surface area contributed by atoms with Crippen molar-refractivity contribution < 1.29 is 28.2 Å². The van der Waals surface area contributed by atoms with Gasteiger partial charge < -0.3 is 15.1 Å². The van der Waals surface area contributed by atoms with Crippen LogP contribution in [0.25, 0.3) is 17.0 Å². The summed E-state index contributed by atoms with van der Waals surface area (Å²) in [5, 5.41) is 24.8. The van der Waals surface area contributed by atoms with Gasteiger partial charge in [0.15, 0.2) is 5.17 Å². The Morgan fingerprint density at radius 2 is 1.89 bits per heavy atom.